The zero-order valence-electron chi connectivity index (χ0n) is 21.4. The van der Waals surface area contributed by atoms with Crippen LogP contribution in [0, 0.1) is 0 Å². The Labute approximate surface area is 238 Å². The molecule has 0 amide bonds. The van der Waals surface area contributed by atoms with Gasteiger partial charge in [-0.1, -0.05) is 109 Å². The Morgan fingerprint density at radius 3 is 2.05 bits per heavy atom. The number of nitrogens with zero attached hydrogens (tertiary/aromatic N) is 1. The second-order valence-corrected chi connectivity index (χ2v) is 12.4. The molecule has 3 heterocycles. The Morgan fingerprint density at radius 1 is 0.425 bits per heavy atom. The molecule has 0 fully saturated rings. The number of para-hydroxylation sites is 1. The minimum Gasteiger partial charge on any atom is -0.247 e. The second-order valence-electron chi connectivity index (χ2n) is 10.3. The van der Waals surface area contributed by atoms with E-state index in [2.05, 4.69) is 127 Å². The molecule has 3 heteroatoms. The van der Waals surface area contributed by atoms with Crippen LogP contribution in [-0.2, 0) is 0 Å². The van der Waals surface area contributed by atoms with E-state index in [1.165, 1.54) is 67.6 Å². The van der Waals surface area contributed by atoms with Crippen LogP contribution in [0.25, 0.3) is 84.4 Å². The van der Waals surface area contributed by atoms with E-state index in [1.807, 2.05) is 22.7 Å². The third kappa shape index (κ3) is 3.16. The van der Waals surface area contributed by atoms with Gasteiger partial charge in [0, 0.05) is 62.1 Å². The molecular weight excluding hydrogens is 523 g/mol. The van der Waals surface area contributed by atoms with Crippen LogP contribution in [0.4, 0.5) is 0 Å². The molecule has 0 unspecified atom stereocenters. The van der Waals surface area contributed by atoms with Gasteiger partial charge in [-0.2, -0.15) is 0 Å². The van der Waals surface area contributed by atoms with Crippen molar-refractivity contribution in [3.8, 4) is 22.4 Å². The number of thiophene rings is 2. The second kappa shape index (κ2) is 8.46. The Kier molecular flexibility index (Phi) is 4.71. The molecule has 9 aromatic rings. The van der Waals surface area contributed by atoms with Crippen molar-refractivity contribution >= 4 is 84.7 Å². The molecule has 186 valence electrons. The lowest BCUT2D eigenvalue weighted by atomic mass is 9.97. The molecule has 0 saturated heterocycles. The van der Waals surface area contributed by atoms with Crippen molar-refractivity contribution in [2.45, 2.75) is 0 Å². The smallest absolute Gasteiger partial charge is 0.0788 e. The van der Waals surface area contributed by atoms with Crippen LogP contribution in [0.15, 0.2) is 127 Å². The zero-order chi connectivity index (χ0) is 26.2. The summed E-state index contributed by atoms with van der Waals surface area (Å²) >= 11 is 3.80. The lowest BCUT2D eigenvalue weighted by Gasteiger charge is -2.11. The van der Waals surface area contributed by atoms with E-state index in [0.29, 0.717) is 0 Å². The van der Waals surface area contributed by atoms with E-state index in [4.69, 9.17) is 4.98 Å². The number of hydrogen-bond donors (Lipinski definition) is 0. The fourth-order valence-corrected chi connectivity index (χ4v) is 8.77. The van der Waals surface area contributed by atoms with Crippen LogP contribution in [0.2, 0.25) is 0 Å². The Hall–Kier alpha value is -4.57. The molecule has 0 bridgehead atoms. The molecule has 6 aromatic carbocycles. The van der Waals surface area contributed by atoms with E-state index in [1.54, 1.807) is 0 Å². The first-order valence-corrected chi connectivity index (χ1v) is 15.1. The molecule has 0 spiro atoms. The molecule has 9 rings (SSSR count). The fraction of sp³-hybridized carbons (Fsp3) is 0. The fourth-order valence-electron chi connectivity index (χ4n) is 6.23. The predicted octanol–water partition coefficient (Wildman–Crippen LogP) is 11.5. The molecule has 0 aliphatic carbocycles. The SMILES string of the molecule is c1ccc(-c2nc3ccccc3c3c2ccc2c4cccc(-c5ccc6c(c5)sc5ccccc56)c4sc23)cc1. The van der Waals surface area contributed by atoms with E-state index in [-0.39, 0.29) is 0 Å². The normalized spacial score (nSPS) is 12.0. The highest BCUT2D eigenvalue weighted by atomic mass is 32.1. The summed E-state index contributed by atoms with van der Waals surface area (Å²) in [6.45, 7) is 0. The average molecular weight is 544 g/mol. The molecule has 0 N–H and O–H groups in total. The summed E-state index contributed by atoms with van der Waals surface area (Å²) in [5.74, 6) is 0. The molecule has 0 atom stereocenters. The summed E-state index contributed by atoms with van der Waals surface area (Å²) in [6, 6.07) is 46.2. The molecular formula is C37H21NS2. The third-order valence-corrected chi connectivity index (χ3v) is 10.5. The maximum Gasteiger partial charge on any atom is 0.0788 e. The number of rotatable bonds is 2. The Morgan fingerprint density at radius 2 is 1.12 bits per heavy atom. The topological polar surface area (TPSA) is 12.9 Å². The van der Waals surface area contributed by atoms with Crippen molar-refractivity contribution in [2.24, 2.45) is 0 Å². The van der Waals surface area contributed by atoms with Gasteiger partial charge in [-0.25, -0.2) is 4.98 Å². The Bertz CT molecular complexity index is 2430. The van der Waals surface area contributed by atoms with Gasteiger partial charge in [0.1, 0.15) is 0 Å². The summed E-state index contributed by atoms with van der Waals surface area (Å²) in [4.78, 5) is 5.15. The highest BCUT2D eigenvalue weighted by Crippen LogP contribution is 2.46. The average Bonchev–Trinajstić information content (AvgIpc) is 3.59. The van der Waals surface area contributed by atoms with Gasteiger partial charge in [0.15, 0.2) is 0 Å². The van der Waals surface area contributed by atoms with Gasteiger partial charge in [0.05, 0.1) is 11.2 Å². The molecule has 0 aliphatic heterocycles. The first-order valence-electron chi connectivity index (χ1n) is 13.5. The highest BCUT2D eigenvalue weighted by molar-refractivity contribution is 7.27. The van der Waals surface area contributed by atoms with Crippen molar-refractivity contribution in [3.63, 3.8) is 0 Å². The molecule has 0 radical (unpaired) electrons. The van der Waals surface area contributed by atoms with E-state index in [9.17, 15) is 0 Å². The van der Waals surface area contributed by atoms with Crippen molar-refractivity contribution in [1.82, 2.24) is 4.98 Å². The standard InChI is InChI=1S/C37H21NS2/c1-2-9-22(10-3-1)35-30-20-19-28-27-14-8-13-24(23-17-18-26-25-11-5-7-16-32(25)39-33(26)21-23)36(27)40-37(28)34(30)29-12-4-6-15-31(29)38-35/h1-21H. The third-order valence-electron chi connectivity index (χ3n) is 8.06. The molecule has 3 aromatic heterocycles. The number of pyridine rings is 1. The van der Waals surface area contributed by atoms with Crippen LogP contribution in [0.3, 0.4) is 0 Å². The zero-order valence-corrected chi connectivity index (χ0v) is 23.0. The first kappa shape index (κ1) is 22.3. The van der Waals surface area contributed by atoms with E-state index < -0.39 is 0 Å². The summed E-state index contributed by atoms with van der Waals surface area (Å²) in [5, 5.41) is 9.03. The number of aromatic nitrogens is 1. The quantitative estimate of drug-likeness (QED) is 0.198. The van der Waals surface area contributed by atoms with Crippen LogP contribution in [0.5, 0.6) is 0 Å². The van der Waals surface area contributed by atoms with Crippen LogP contribution < -0.4 is 0 Å². The van der Waals surface area contributed by atoms with Crippen molar-refractivity contribution in [3.05, 3.63) is 127 Å². The van der Waals surface area contributed by atoms with E-state index >= 15 is 0 Å². The van der Waals surface area contributed by atoms with Gasteiger partial charge in [0.25, 0.3) is 0 Å². The highest BCUT2D eigenvalue weighted by Gasteiger charge is 2.18. The molecule has 0 aliphatic rings. The summed E-state index contributed by atoms with van der Waals surface area (Å²) in [6.07, 6.45) is 0. The maximum absolute atomic E-state index is 5.15. The molecule has 1 nitrogen and oxygen atoms in total. The van der Waals surface area contributed by atoms with Crippen molar-refractivity contribution in [2.75, 3.05) is 0 Å². The van der Waals surface area contributed by atoms with Crippen molar-refractivity contribution < 1.29 is 0 Å². The number of hydrogen-bond acceptors (Lipinski definition) is 3. The van der Waals surface area contributed by atoms with Gasteiger partial charge < -0.3 is 0 Å². The lowest BCUT2D eigenvalue weighted by molar-refractivity contribution is 1.43. The van der Waals surface area contributed by atoms with Crippen LogP contribution >= 0.6 is 22.7 Å². The Balaban J connectivity index is 1.36. The van der Waals surface area contributed by atoms with Crippen molar-refractivity contribution in [1.29, 1.82) is 0 Å². The summed E-state index contributed by atoms with van der Waals surface area (Å²) < 4.78 is 5.36. The minimum absolute atomic E-state index is 1.04. The van der Waals surface area contributed by atoms with E-state index in [0.717, 1.165) is 16.8 Å². The summed E-state index contributed by atoms with van der Waals surface area (Å²) in [5.41, 5.74) is 5.80. The maximum atomic E-state index is 5.15. The lowest BCUT2D eigenvalue weighted by Crippen LogP contribution is -1.89. The van der Waals surface area contributed by atoms with Gasteiger partial charge in [0.2, 0.25) is 0 Å². The summed E-state index contributed by atoms with van der Waals surface area (Å²) in [7, 11) is 0. The van der Waals surface area contributed by atoms with Gasteiger partial charge in [-0.15, -0.1) is 22.7 Å². The minimum atomic E-state index is 1.04. The van der Waals surface area contributed by atoms with Gasteiger partial charge in [-0.3, -0.25) is 0 Å². The van der Waals surface area contributed by atoms with Gasteiger partial charge in [-0.05, 0) is 29.3 Å². The molecule has 40 heavy (non-hydrogen) atoms. The molecule has 0 saturated carbocycles. The first-order chi connectivity index (χ1) is 19.8. The predicted molar refractivity (Wildman–Crippen MR) is 176 cm³/mol. The number of benzene rings is 6. The monoisotopic (exact) mass is 543 g/mol. The van der Waals surface area contributed by atoms with Crippen LogP contribution in [-0.4, -0.2) is 4.98 Å². The van der Waals surface area contributed by atoms with Crippen LogP contribution in [0.1, 0.15) is 0 Å². The number of fused-ring (bicyclic) bond motifs is 10. The van der Waals surface area contributed by atoms with Gasteiger partial charge >= 0.3 is 0 Å². The largest absolute Gasteiger partial charge is 0.247 e.